The Morgan fingerprint density at radius 2 is 2.03 bits per heavy atom. The van der Waals surface area contributed by atoms with Crippen molar-refractivity contribution in [3.05, 3.63) is 29.8 Å². The molecule has 2 unspecified atom stereocenters. The number of nitrogens with one attached hydrogen (secondary N) is 1. The molecule has 0 spiro atoms. The Morgan fingerprint density at radius 1 is 1.28 bits per heavy atom. The Labute approximate surface area is 174 Å². The molecule has 1 aromatic carbocycles. The van der Waals surface area contributed by atoms with Gasteiger partial charge < -0.3 is 20.7 Å². The summed E-state index contributed by atoms with van der Waals surface area (Å²) in [6.45, 7) is 4.76. The van der Waals surface area contributed by atoms with Gasteiger partial charge in [0.2, 0.25) is 5.91 Å². The predicted molar refractivity (Wildman–Crippen MR) is 116 cm³/mol. The summed E-state index contributed by atoms with van der Waals surface area (Å²) in [4.78, 5) is 20.7. The standard InChI is InChI=1S/C22H35N5O2/c1-24-22(27-13-7-8-17(16-27)14-21(23)28)25-15-19(26-11-5-6-12-26)18-9-3-4-10-20(18)29-2/h3-4,9-10,17,19H,5-8,11-16H2,1-2H3,(H2,23,28)(H,24,25). The number of carbonyl (C=O) groups is 1. The SMILES string of the molecule is CN=C(NCC(c1ccccc1OC)N1CCCC1)N1CCCC(CC(N)=O)C1. The van der Waals surface area contributed by atoms with E-state index in [-0.39, 0.29) is 11.9 Å². The van der Waals surface area contributed by atoms with Crippen LogP contribution < -0.4 is 15.8 Å². The van der Waals surface area contributed by atoms with Crippen molar-refractivity contribution in [2.75, 3.05) is 46.9 Å². The zero-order valence-corrected chi connectivity index (χ0v) is 17.8. The third-order valence-electron chi connectivity index (χ3n) is 6.05. The van der Waals surface area contributed by atoms with Crippen molar-refractivity contribution >= 4 is 11.9 Å². The monoisotopic (exact) mass is 401 g/mol. The van der Waals surface area contributed by atoms with Gasteiger partial charge in [0, 0.05) is 38.7 Å². The minimum absolute atomic E-state index is 0.218. The van der Waals surface area contributed by atoms with E-state index in [1.807, 2.05) is 19.2 Å². The number of para-hydroxylation sites is 1. The second kappa shape index (κ2) is 10.5. The number of aliphatic imine (C=N–C) groups is 1. The fourth-order valence-electron chi connectivity index (χ4n) is 4.66. The molecule has 1 amide bonds. The number of guanidine groups is 1. The van der Waals surface area contributed by atoms with Crippen molar-refractivity contribution in [1.82, 2.24) is 15.1 Å². The number of hydrogen-bond donors (Lipinski definition) is 2. The molecule has 3 N–H and O–H groups in total. The molecule has 0 saturated carbocycles. The van der Waals surface area contributed by atoms with Gasteiger partial charge in [0.1, 0.15) is 5.75 Å². The van der Waals surface area contributed by atoms with Gasteiger partial charge in [0.25, 0.3) is 0 Å². The number of ether oxygens (including phenoxy) is 1. The summed E-state index contributed by atoms with van der Waals surface area (Å²) in [5.41, 5.74) is 6.63. The summed E-state index contributed by atoms with van der Waals surface area (Å²) in [7, 11) is 3.56. The van der Waals surface area contributed by atoms with Gasteiger partial charge in [-0.05, 0) is 50.8 Å². The summed E-state index contributed by atoms with van der Waals surface area (Å²) in [6, 6.07) is 8.52. The van der Waals surface area contributed by atoms with Gasteiger partial charge in [0.05, 0.1) is 13.2 Å². The molecule has 2 heterocycles. The first-order valence-electron chi connectivity index (χ1n) is 10.7. The van der Waals surface area contributed by atoms with Crippen LogP contribution in [-0.2, 0) is 4.79 Å². The van der Waals surface area contributed by atoms with Crippen molar-refractivity contribution in [2.45, 2.75) is 38.1 Å². The lowest BCUT2D eigenvalue weighted by Gasteiger charge is -2.36. The van der Waals surface area contributed by atoms with Crippen LogP contribution in [0.25, 0.3) is 0 Å². The van der Waals surface area contributed by atoms with Gasteiger partial charge in [-0.1, -0.05) is 18.2 Å². The Hall–Kier alpha value is -2.28. The van der Waals surface area contributed by atoms with E-state index < -0.39 is 0 Å². The zero-order chi connectivity index (χ0) is 20.6. The smallest absolute Gasteiger partial charge is 0.217 e. The molecule has 160 valence electrons. The topological polar surface area (TPSA) is 83.2 Å². The largest absolute Gasteiger partial charge is 0.496 e. The molecule has 2 saturated heterocycles. The van der Waals surface area contributed by atoms with Crippen LogP contribution in [0.3, 0.4) is 0 Å². The molecular weight excluding hydrogens is 366 g/mol. The summed E-state index contributed by atoms with van der Waals surface area (Å²) < 4.78 is 5.65. The van der Waals surface area contributed by atoms with Crippen LogP contribution in [0.4, 0.5) is 0 Å². The lowest BCUT2D eigenvalue weighted by atomic mass is 9.95. The zero-order valence-electron chi connectivity index (χ0n) is 17.8. The van der Waals surface area contributed by atoms with Crippen LogP contribution in [-0.4, -0.2) is 68.5 Å². The first-order chi connectivity index (χ1) is 14.1. The molecule has 2 fully saturated rings. The van der Waals surface area contributed by atoms with Crippen LogP contribution in [0.2, 0.25) is 0 Å². The third-order valence-corrected chi connectivity index (χ3v) is 6.05. The number of methoxy groups -OCH3 is 1. The van der Waals surface area contributed by atoms with Crippen molar-refractivity contribution in [3.8, 4) is 5.75 Å². The Balaban J connectivity index is 1.70. The molecule has 0 radical (unpaired) electrons. The highest BCUT2D eigenvalue weighted by atomic mass is 16.5. The number of benzene rings is 1. The maximum atomic E-state index is 11.3. The predicted octanol–water partition coefficient (Wildman–Crippen LogP) is 1.99. The van der Waals surface area contributed by atoms with Crippen LogP contribution in [0.15, 0.2) is 29.3 Å². The number of carbonyl (C=O) groups excluding carboxylic acids is 1. The Bertz CT molecular complexity index is 702. The molecule has 7 nitrogen and oxygen atoms in total. The lowest BCUT2D eigenvalue weighted by molar-refractivity contribution is -0.119. The maximum Gasteiger partial charge on any atom is 0.217 e. The van der Waals surface area contributed by atoms with E-state index in [4.69, 9.17) is 10.5 Å². The molecule has 2 aliphatic rings. The number of nitrogens with two attached hydrogens (primary N) is 1. The van der Waals surface area contributed by atoms with Crippen molar-refractivity contribution < 1.29 is 9.53 Å². The van der Waals surface area contributed by atoms with E-state index in [2.05, 4.69) is 32.2 Å². The van der Waals surface area contributed by atoms with Crippen molar-refractivity contribution in [2.24, 2.45) is 16.6 Å². The molecule has 3 rings (SSSR count). The Kier molecular flexibility index (Phi) is 7.75. The fraction of sp³-hybridized carbons (Fsp3) is 0.636. The normalized spacial score (nSPS) is 21.8. The Morgan fingerprint density at radius 3 is 2.72 bits per heavy atom. The summed E-state index contributed by atoms with van der Waals surface area (Å²) in [5, 5.41) is 3.60. The first-order valence-corrected chi connectivity index (χ1v) is 10.7. The number of amides is 1. The number of piperidine rings is 1. The van der Waals surface area contributed by atoms with Crippen molar-refractivity contribution in [3.63, 3.8) is 0 Å². The third kappa shape index (κ3) is 5.63. The minimum atomic E-state index is -0.218. The van der Waals surface area contributed by atoms with Gasteiger partial charge >= 0.3 is 0 Å². The molecular formula is C22H35N5O2. The summed E-state index contributed by atoms with van der Waals surface area (Å²) >= 11 is 0. The van der Waals surface area contributed by atoms with E-state index >= 15 is 0 Å². The molecule has 1 aromatic rings. The lowest BCUT2D eigenvalue weighted by Crippen LogP contribution is -2.49. The number of nitrogens with zero attached hydrogens (tertiary/aromatic N) is 3. The number of likely N-dealkylation sites (tertiary alicyclic amines) is 2. The molecule has 29 heavy (non-hydrogen) atoms. The van der Waals surface area contributed by atoms with Gasteiger partial charge in [0.15, 0.2) is 5.96 Å². The van der Waals surface area contributed by atoms with E-state index in [0.717, 1.165) is 57.3 Å². The molecule has 2 aliphatic heterocycles. The highest BCUT2D eigenvalue weighted by Gasteiger charge is 2.28. The number of hydrogen-bond acceptors (Lipinski definition) is 4. The van der Waals surface area contributed by atoms with Crippen LogP contribution in [0, 0.1) is 5.92 Å². The van der Waals surface area contributed by atoms with Crippen LogP contribution >= 0.6 is 0 Å². The van der Waals surface area contributed by atoms with Crippen LogP contribution in [0.5, 0.6) is 5.75 Å². The van der Waals surface area contributed by atoms with E-state index in [1.54, 1.807) is 7.11 Å². The average molecular weight is 402 g/mol. The highest BCUT2D eigenvalue weighted by Crippen LogP contribution is 2.31. The van der Waals surface area contributed by atoms with Gasteiger partial charge in [-0.15, -0.1) is 0 Å². The second-order valence-corrected chi connectivity index (χ2v) is 8.05. The minimum Gasteiger partial charge on any atom is -0.496 e. The highest BCUT2D eigenvalue weighted by molar-refractivity contribution is 5.80. The molecule has 0 aliphatic carbocycles. The number of rotatable bonds is 7. The van der Waals surface area contributed by atoms with Gasteiger partial charge in [-0.2, -0.15) is 0 Å². The first kappa shape index (κ1) is 21.4. The van der Waals surface area contributed by atoms with Gasteiger partial charge in [-0.25, -0.2) is 0 Å². The fourth-order valence-corrected chi connectivity index (χ4v) is 4.66. The van der Waals surface area contributed by atoms with E-state index in [0.29, 0.717) is 12.3 Å². The second-order valence-electron chi connectivity index (χ2n) is 8.05. The average Bonchev–Trinajstić information content (AvgIpc) is 3.25. The van der Waals surface area contributed by atoms with Crippen LogP contribution in [0.1, 0.15) is 43.7 Å². The van der Waals surface area contributed by atoms with E-state index in [1.165, 1.54) is 18.4 Å². The van der Waals surface area contributed by atoms with E-state index in [9.17, 15) is 4.79 Å². The maximum absolute atomic E-state index is 11.3. The molecule has 0 aromatic heterocycles. The molecule has 7 heteroatoms. The number of primary amides is 1. The summed E-state index contributed by atoms with van der Waals surface area (Å²) in [5.74, 6) is 1.92. The quantitative estimate of drug-likeness (QED) is 0.539. The van der Waals surface area contributed by atoms with Gasteiger partial charge in [-0.3, -0.25) is 14.7 Å². The van der Waals surface area contributed by atoms with Crippen molar-refractivity contribution in [1.29, 1.82) is 0 Å². The molecule has 0 bridgehead atoms. The molecule has 2 atom stereocenters. The summed E-state index contributed by atoms with van der Waals surface area (Å²) in [6.07, 6.45) is 5.03.